The predicted molar refractivity (Wildman–Crippen MR) is 55.3 cm³/mol. The molecule has 1 aromatic heterocycles. The molecule has 0 aliphatic rings. The number of nitrogen functional groups attached to an aromatic ring is 1. The molecule has 0 radical (unpaired) electrons. The summed E-state index contributed by atoms with van der Waals surface area (Å²) in [7, 11) is 0. The van der Waals surface area contributed by atoms with Crippen LogP contribution < -0.4 is 10.5 Å². The van der Waals surface area contributed by atoms with Gasteiger partial charge in [0.2, 0.25) is 12.3 Å². The second-order valence-electron chi connectivity index (χ2n) is 2.97. The molecule has 15 heavy (non-hydrogen) atoms. The van der Waals surface area contributed by atoms with Gasteiger partial charge in [0.1, 0.15) is 5.75 Å². The lowest BCUT2D eigenvalue weighted by molar-refractivity contribution is 0.340. The Morgan fingerprint density at radius 2 is 2.27 bits per heavy atom. The molecule has 78 valence electrons. The molecule has 0 fully saturated rings. The van der Waals surface area contributed by atoms with Crippen molar-refractivity contribution >= 4 is 5.69 Å². The Balaban J connectivity index is 2.40. The van der Waals surface area contributed by atoms with E-state index in [0.717, 1.165) is 5.56 Å². The highest BCUT2D eigenvalue weighted by Gasteiger charge is 2.06. The summed E-state index contributed by atoms with van der Waals surface area (Å²) >= 11 is 0. The van der Waals surface area contributed by atoms with Gasteiger partial charge in [-0.25, -0.2) is 0 Å². The second kappa shape index (κ2) is 4.00. The molecule has 0 unspecified atom stereocenters. The molecular weight excluding hydrogens is 194 g/mol. The highest BCUT2D eigenvalue weighted by atomic mass is 16.5. The minimum atomic E-state index is 0.434. The highest BCUT2D eigenvalue weighted by Crippen LogP contribution is 2.25. The van der Waals surface area contributed by atoms with Gasteiger partial charge in [0, 0.05) is 17.3 Å². The van der Waals surface area contributed by atoms with Crippen LogP contribution in [0.2, 0.25) is 0 Å². The third-order valence-electron chi connectivity index (χ3n) is 1.85. The van der Waals surface area contributed by atoms with Crippen LogP contribution in [0.4, 0.5) is 5.69 Å². The lowest BCUT2D eigenvalue weighted by Gasteiger charge is -2.05. The molecule has 0 amide bonds. The van der Waals surface area contributed by atoms with Crippen molar-refractivity contribution in [3.63, 3.8) is 0 Å². The van der Waals surface area contributed by atoms with Gasteiger partial charge in [0.25, 0.3) is 0 Å². The number of nitrogens with two attached hydrogens (primary N) is 1. The quantitative estimate of drug-likeness (QED) is 0.772. The highest BCUT2D eigenvalue weighted by molar-refractivity contribution is 5.63. The molecule has 2 aromatic rings. The van der Waals surface area contributed by atoms with E-state index in [1.807, 2.05) is 13.0 Å². The summed E-state index contributed by atoms with van der Waals surface area (Å²) in [6.45, 7) is 2.50. The van der Waals surface area contributed by atoms with Crippen molar-refractivity contribution in [2.75, 3.05) is 12.3 Å². The van der Waals surface area contributed by atoms with Gasteiger partial charge in [-0.1, -0.05) is 0 Å². The van der Waals surface area contributed by atoms with Gasteiger partial charge in [0.05, 0.1) is 6.61 Å². The summed E-state index contributed by atoms with van der Waals surface area (Å²) in [5.74, 6) is 1.13. The number of hydrogen-bond acceptors (Lipinski definition) is 5. The van der Waals surface area contributed by atoms with E-state index in [1.54, 1.807) is 12.1 Å². The lowest BCUT2D eigenvalue weighted by atomic mass is 10.2. The first-order chi connectivity index (χ1) is 7.29. The molecule has 1 heterocycles. The molecule has 0 atom stereocenters. The van der Waals surface area contributed by atoms with E-state index in [2.05, 4.69) is 10.2 Å². The third-order valence-corrected chi connectivity index (χ3v) is 1.85. The van der Waals surface area contributed by atoms with Crippen LogP contribution in [0, 0.1) is 0 Å². The first-order valence-electron chi connectivity index (χ1n) is 4.59. The Morgan fingerprint density at radius 1 is 1.40 bits per heavy atom. The Kier molecular flexibility index (Phi) is 2.53. The normalized spacial score (nSPS) is 10.2. The Hall–Kier alpha value is -2.04. The van der Waals surface area contributed by atoms with Crippen LogP contribution in [-0.4, -0.2) is 16.8 Å². The molecule has 0 aliphatic heterocycles. The number of anilines is 1. The van der Waals surface area contributed by atoms with Crippen LogP contribution in [0.5, 0.6) is 5.75 Å². The molecule has 0 saturated carbocycles. The van der Waals surface area contributed by atoms with Crippen LogP contribution >= 0.6 is 0 Å². The molecular formula is C10H11N3O2. The molecule has 0 saturated heterocycles. The van der Waals surface area contributed by atoms with E-state index in [1.165, 1.54) is 6.39 Å². The maximum absolute atomic E-state index is 5.73. The fourth-order valence-corrected chi connectivity index (χ4v) is 1.29. The van der Waals surface area contributed by atoms with Crippen molar-refractivity contribution in [2.24, 2.45) is 0 Å². The van der Waals surface area contributed by atoms with Gasteiger partial charge in [0.15, 0.2) is 0 Å². The standard InChI is InChI=1S/C10H11N3O2/c1-2-14-9-4-7(3-8(11)5-9)10-13-12-6-15-10/h3-6H,2,11H2,1H3. The minimum absolute atomic E-state index is 0.434. The van der Waals surface area contributed by atoms with Gasteiger partial charge in [-0.3, -0.25) is 0 Å². The number of benzene rings is 1. The average molecular weight is 205 g/mol. The zero-order valence-electron chi connectivity index (χ0n) is 8.30. The monoisotopic (exact) mass is 205 g/mol. The Labute approximate surface area is 86.9 Å². The topological polar surface area (TPSA) is 74.2 Å². The molecule has 0 spiro atoms. The van der Waals surface area contributed by atoms with Crippen molar-refractivity contribution < 1.29 is 9.15 Å². The summed E-state index contributed by atoms with van der Waals surface area (Å²) in [5.41, 5.74) is 7.09. The number of ether oxygens (including phenoxy) is 1. The first-order valence-corrected chi connectivity index (χ1v) is 4.59. The van der Waals surface area contributed by atoms with Crippen LogP contribution in [0.1, 0.15) is 6.92 Å². The fourth-order valence-electron chi connectivity index (χ4n) is 1.29. The van der Waals surface area contributed by atoms with Crippen molar-refractivity contribution in [1.29, 1.82) is 0 Å². The van der Waals surface area contributed by atoms with Crippen LogP contribution in [0.25, 0.3) is 11.5 Å². The van der Waals surface area contributed by atoms with Gasteiger partial charge in [-0.05, 0) is 19.1 Å². The SMILES string of the molecule is CCOc1cc(N)cc(-c2nnco2)c1. The van der Waals surface area contributed by atoms with E-state index in [0.29, 0.717) is 23.9 Å². The van der Waals surface area contributed by atoms with E-state index < -0.39 is 0 Å². The summed E-state index contributed by atoms with van der Waals surface area (Å²) in [6.07, 6.45) is 1.28. The maximum Gasteiger partial charge on any atom is 0.247 e. The van der Waals surface area contributed by atoms with Gasteiger partial charge < -0.3 is 14.9 Å². The molecule has 5 nitrogen and oxygen atoms in total. The summed E-state index contributed by atoms with van der Waals surface area (Å²) in [6, 6.07) is 5.33. The average Bonchev–Trinajstić information content (AvgIpc) is 2.70. The zero-order chi connectivity index (χ0) is 10.7. The number of nitrogens with zero attached hydrogens (tertiary/aromatic N) is 2. The van der Waals surface area contributed by atoms with E-state index in [4.69, 9.17) is 14.9 Å². The van der Waals surface area contributed by atoms with Crippen molar-refractivity contribution in [1.82, 2.24) is 10.2 Å². The molecule has 2 N–H and O–H groups in total. The smallest absolute Gasteiger partial charge is 0.247 e. The van der Waals surface area contributed by atoms with Crippen molar-refractivity contribution in [3.8, 4) is 17.2 Å². The fraction of sp³-hybridized carbons (Fsp3) is 0.200. The van der Waals surface area contributed by atoms with Crippen molar-refractivity contribution in [3.05, 3.63) is 24.6 Å². The Morgan fingerprint density at radius 3 is 2.93 bits per heavy atom. The lowest BCUT2D eigenvalue weighted by Crippen LogP contribution is -1.94. The van der Waals surface area contributed by atoms with E-state index in [-0.39, 0.29) is 0 Å². The van der Waals surface area contributed by atoms with Gasteiger partial charge >= 0.3 is 0 Å². The summed E-state index contributed by atoms with van der Waals surface area (Å²) in [4.78, 5) is 0. The Bertz CT molecular complexity index is 440. The zero-order valence-corrected chi connectivity index (χ0v) is 8.30. The largest absolute Gasteiger partial charge is 0.494 e. The predicted octanol–water partition coefficient (Wildman–Crippen LogP) is 1.72. The molecule has 5 heteroatoms. The van der Waals surface area contributed by atoms with Gasteiger partial charge in [-0.2, -0.15) is 0 Å². The molecule has 2 rings (SSSR count). The van der Waals surface area contributed by atoms with Gasteiger partial charge in [-0.15, -0.1) is 10.2 Å². The third kappa shape index (κ3) is 2.07. The summed E-state index contributed by atoms with van der Waals surface area (Å²) < 4.78 is 10.4. The summed E-state index contributed by atoms with van der Waals surface area (Å²) in [5, 5.41) is 7.41. The second-order valence-corrected chi connectivity index (χ2v) is 2.97. The molecule has 0 bridgehead atoms. The minimum Gasteiger partial charge on any atom is -0.494 e. The number of hydrogen-bond donors (Lipinski definition) is 1. The molecule has 0 aliphatic carbocycles. The van der Waals surface area contributed by atoms with Crippen LogP contribution in [0.3, 0.4) is 0 Å². The molecule has 1 aromatic carbocycles. The van der Waals surface area contributed by atoms with Crippen LogP contribution in [-0.2, 0) is 0 Å². The maximum atomic E-state index is 5.73. The van der Waals surface area contributed by atoms with Crippen LogP contribution in [0.15, 0.2) is 29.0 Å². The van der Waals surface area contributed by atoms with E-state index >= 15 is 0 Å². The van der Waals surface area contributed by atoms with E-state index in [9.17, 15) is 0 Å². The number of aromatic nitrogens is 2. The first kappa shape index (κ1) is 9.51. The number of rotatable bonds is 3. The van der Waals surface area contributed by atoms with Crippen molar-refractivity contribution in [2.45, 2.75) is 6.92 Å².